The molecule has 6 nitrogen and oxygen atoms in total. The topological polar surface area (TPSA) is 72.2 Å². The van der Waals surface area contributed by atoms with Crippen LogP contribution in [-0.2, 0) is 11.2 Å². The molecular weight excluding hydrogens is 465 g/mol. The highest BCUT2D eigenvalue weighted by atomic mass is 35.5. The van der Waals surface area contributed by atoms with Crippen molar-refractivity contribution in [3.8, 4) is 0 Å². The summed E-state index contributed by atoms with van der Waals surface area (Å²) in [5.74, 6) is 0.485. The maximum absolute atomic E-state index is 12.4. The molecule has 0 aliphatic carbocycles. The number of anilines is 1. The lowest BCUT2D eigenvalue weighted by atomic mass is 10.0. The van der Waals surface area contributed by atoms with E-state index in [0.717, 1.165) is 33.1 Å². The first kappa shape index (κ1) is 22.6. The minimum Gasteiger partial charge on any atom is -0.324 e. The van der Waals surface area contributed by atoms with Crippen LogP contribution in [-0.4, -0.2) is 31.2 Å². The molecule has 4 aromatic rings. The largest absolute Gasteiger partial charge is 0.324 e. The van der Waals surface area contributed by atoms with Crippen LogP contribution < -0.4 is 5.32 Å². The van der Waals surface area contributed by atoms with Crippen molar-refractivity contribution < 1.29 is 4.79 Å². The molecule has 9 heteroatoms. The van der Waals surface area contributed by atoms with Gasteiger partial charge in [0.05, 0.1) is 16.5 Å². The molecule has 0 aliphatic heterocycles. The molecular formula is C23H21Cl2N5OS. The summed E-state index contributed by atoms with van der Waals surface area (Å²) in [4.78, 5) is 21.5. The number of rotatable bonds is 6. The maximum atomic E-state index is 12.4. The fourth-order valence-corrected chi connectivity index (χ4v) is 4.48. The molecule has 2 heterocycles. The number of hydrogen-bond donors (Lipinski definition) is 1. The van der Waals surface area contributed by atoms with E-state index in [9.17, 15) is 4.79 Å². The predicted molar refractivity (Wildman–Crippen MR) is 130 cm³/mol. The van der Waals surface area contributed by atoms with Gasteiger partial charge in [0.15, 0.2) is 0 Å². The first-order valence-electron chi connectivity index (χ1n) is 9.97. The van der Waals surface area contributed by atoms with E-state index in [1.807, 2.05) is 57.2 Å². The minimum atomic E-state index is -0.181. The number of aromatic nitrogens is 4. The maximum Gasteiger partial charge on any atom is 0.253 e. The quantitative estimate of drug-likeness (QED) is 0.355. The number of carbonyl (C=O) groups excluding carboxylic acids is 1. The summed E-state index contributed by atoms with van der Waals surface area (Å²) < 4.78 is 1.72. The fourth-order valence-electron chi connectivity index (χ4n) is 3.38. The monoisotopic (exact) mass is 485 g/mol. The summed E-state index contributed by atoms with van der Waals surface area (Å²) in [7, 11) is 0. The van der Waals surface area contributed by atoms with E-state index < -0.39 is 0 Å². The average Bonchev–Trinajstić information content (AvgIpc) is 3.16. The number of carbonyl (C=O) groups is 1. The van der Waals surface area contributed by atoms with Crippen molar-refractivity contribution in [2.45, 2.75) is 32.3 Å². The second-order valence-corrected chi connectivity index (χ2v) is 9.21. The molecule has 0 fully saturated rings. The zero-order chi connectivity index (χ0) is 22.8. The molecule has 0 aliphatic rings. The van der Waals surface area contributed by atoms with E-state index in [1.165, 1.54) is 11.8 Å². The van der Waals surface area contributed by atoms with E-state index >= 15 is 0 Å². The highest BCUT2D eigenvalue weighted by molar-refractivity contribution is 7.99. The Bertz CT molecular complexity index is 1320. The fraction of sp³-hybridized carbons (Fsp3) is 0.217. The molecule has 0 unspecified atom stereocenters. The lowest BCUT2D eigenvalue weighted by molar-refractivity contribution is -0.113. The molecule has 1 amide bonds. The molecule has 0 saturated carbocycles. The Labute approximate surface area is 200 Å². The number of nitrogens with one attached hydrogen (secondary N) is 1. The van der Waals surface area contributed by atoms with Crippen LogP contribution in [0.1, 0.15) is 28.1 Å². The van der Waals surface area contributed by atoms with Crippen molar-refractivity contribution in [2.24, 2.45) is 0 Å². The van der Waals surface area contributed by atoms with Gasteiger partial charge in [-0.15, -0.1) is 5.10 Å². The van der Waals surface area contributed by atoms with Crippen molar-refractivity contribution >= 4 is 52.3 Å². The van der Waals surface area contributed by atoms with Gasteiger partial charge in [0, 0.05) is 22.8 Å². The van der Waals surface area contributed by atoms with Crippen LogP contribution in [0.25, 0.3) is 5.78 Å². The van der Waals surface area contributed by atoms with Gasteiger partial charge in [0.2, 0.25) is 11.1 Å². The Hall–Kier alpha value is -2.61. The van der Waals surface area contributed by atoms with Crippen molar-refractivity contribution in [3.63, 3.8) is 0 Å². The van der Waals surface area contributed by atoms with Crippen molar-refractivity contribution in [1.82, 2.24) is 19.6 Å². The highest BCUT2D eigenvalue weighted by Gasteiger charge is 2.16. The number of halogens is 2. The number of fused-ring (bicyclic) bond motifs is 1. The summed E-state index contributed by atoms with van der Waals surface area (Å²) >= 11 is 13.8. The Kier molecular flexibility index (Phi) is 6.69. The van der Waals surface area contributed by atoms with E-state index in [0.29, 0.717) is 28.1 Å². The van der Waals surface area contributed by atoms with Gasteiger partial charge in [-0.3, -0.25) is 4.79 Å². The summed E-state index contributed by atoms with van der Waals surface area (Å²) in [5.41, 5.74) is 5.53. The molecule has 2 aromatic carbocycles. The van der Waals surface area contributed by atoms with Crippen LogP contribution in [0.4, 0.5) is 5.69 Å². The second kappa shape index (κ2) is 9.48. The molecule has 4 rings (SSSR count). The Morgan fingerprint density at radius 1 is 1.06 bits per heavy atom. The molecule has 0 bridgehead atoms. The molecule has 1 N–H and O–H groups in total. The SMILES string of the molecule is Cc1ccc(NC(=O)CSc2nc3nc(C)c(Cc4ccccc4Cl)c(C)n3n2)c(Cl)c1. The van der Waals surface area contributed by atoms with Crippen molar-refractivity contribution in [1.29, 1.82) is 0 Å². The number of thioether (sulfide) groups is 1. The normalized spacial score (nSPS) is 11.2. The van der Waals surface area contributed by atoms with Gasteiger partial charge in [0.25, 0.3) is 5.78 Å². The number of nitrogens with zero attached hydrogens (tertiary/aromatic N) is 4. The first-order chi connectivity index (χ1) is 15.3. The molecule has 2 aromatic heterocycles. The summed E-state index contributed by atoms with van der Waals surface area (Å²) in [5, 5.41) is 9.09. The van der Waals surface area contributed by atoms with Crippen LogP contribution in [0.2, 0.25) is 10.0 Å². The molecule has 32 heavy (non-hydrogen) atoms. The zero-order valence-corrected chi connectivity index (χ0v) is 20.1. The van der Waals surface area contributed by atoms with Gasteiger partial charge in [-0.2, -0.15) is 4.98 Å². The van der Waals surface area contributed by atoms with Gasteiger partial charge in [-0.1, -0.05) is 59.2 Å². The van der Waals surface area contributed by atoms with E-state index in [4.69, 9.17) is 23.2 Å². The standard InChI is InChI=1S/C23H21Cl2N5OS/c1-13-8-9-20(19(25)10-13)27-21(31)12-32-23-28-22-26-14(2)17(15(3)30(22)29-23)11-16-6-4-5-7-18(16)24/h4-10H,11-12H2,1-3H3,(H,27,31). The van der Waals surface area contributed by atoms with Crippen molar-refractivity contribution in [3.05, 3.63) is 80.6 Å². The van der Waals surface area contributed by atoms with Crippen LogP contribution in [0.3, 0.4) is 0 Å². The molecule has 0 saturated heterocycles. The summed E-state index contributed by atoms with van der Waals surface area (Å²) in [6, 6.07) is 13.3. The van der Waals surface area contributed by atoms with Gasteiger partial charge >= 0.3 is 0 Å². The molecule has 0 atom stereocenters. The molecule has 164 valence electrons. The van der Waals surface area contributed by atoms with E-state index in [2.05, 4.69) is 20.4 Å². The Morgan fingerprint density at radius 2 is 1.84 bits per heavy atom. The van der Waals surface area contributed by atoms with Crippen LogP contribution in [0.15, 0.2) is 47.6 Å². The van der Waals surface area contributed by atoms with E-state index in [1.54, 1.807) is 10.6 Å². The summed E-state index contributed by atoms with van der Waals surface area (Å²) in [6.07, 6.45) is 0.655. The first-order valence-corrected chi connectivity index (χ1v) is 11.7. The van der Waals surface area contributed by atoms with Gasteiger partial charge in [-0.25, -0.2) is 9.50 Å². The van der Waals surface area contributed by atoms with Crippen molar-refractivity contribution in [2.75, 3.05) is 11.1 Å². The Morgan fingerprint density at radius 3 is 2.59 bits per heavy atom. The highest BCUT2D eigenvalue weighted by Crippen LogP contribution is 2.25. The van der Waals surface area contributed by atoms with Crippen LogP contribution >= 0.6 is 35.0 Å². The molecule has 0 radical (unpaired) electrons. The number of amides is 1. The third kappa shape index (κ3) is 4.90. The zero-order valence-electron chi connectivity index (χ0n) is 17.8. The van der Waals surface area contributed by atoms with Gasteiger partial charge < -0.3 is 5.32 Å². The minimum absolute atomic E-state index is 0.158. The van der Waals surface area contributed by atoms with Gasteiger partial charge in [-0.05, 0) is 55.7 Å². The predicted octanol–water partition coefficient (Wildman–Crippen LogP) is 5.68. The third-order valence-corrected chi connectivity index (χ3v) is 6.60. The third-order valence-electron chi connectivity index (χ3n) is 5.09. The van der Waals surface area contributed by atoms with E-state index in [-0.39, 0.29) is 11.7 Å². The lowest BCUT2D eigenvalue weighted by Gasteiger charge is -2.11. The van der Waals surface area contributed by atoms with Gasteiger partial charge in [0.1, 0.15) is 0 Å². The Balaban J connectivity index is 1.50. The number of hydrogen-bond acceptors (Lipinski definition) is 5. The summed E-state index contributed by atoms with van der Waals surface area (Å²) in [6.45, 7) is 5.89. The average molecular weight is 486 g/mol. The second-order valence-electron chi connectivity index (χ2n) is 7.46. The number of benzene rings is 2. The lowest BCUT2D eigenvalue weighted by Crippen LogP contribution is -2.14. The smallest absolute Gasteiger partial charge is 0.253 e. The van der Waals surface area contributed by atoms with Crippen LogP contribution in [0.5, 0.6) is 0 Å². The van der Waals surface area contributed by atoms with Crippen LogP contribution in [0, 0.1) is 20.8 Å². The number of aryl methyl sites for hydroxylation is 3. The molecule has 0 spiro atoms.